The highest BCUT2D eigenvalue weighted by Crippen LogP contribution is 2.29. The first-order valence-corrected chi connectivity index (χ1v) is 8.20. The molecule has 0 aromatic carbocycles. The maximum absolute atomic E-state index is 3.57. The number of hydrogen-bond donors (Lipinski definition) is 1. The first-order valence-electron chi connectivity index (χ1n) is 5.71. The van der Waals surface area contributed by atoms with Crippen LogP contribution in [0.5, 0.6) is 0 Å². The van der Waals surface area contributed by atoms with Gasteiger partial charge in [0, 0.05) is 36.9 Å². The Hall–Kier alpha value is -0.160. The second-order valence-corrected chi connectivity index (χ2v) is 7.22. The average molecular weight is 330 g/mol. The van der Waals surface area contributed by atoms with Crippen LogP contribution in [0.1, 0.15) is 27.6 Å². The summed E-state index contributed by atoms with van der Waals surface area (Å²) in [5, 5.41) is 5.72. The molecule has 1 atom stereocenters. The Morgan fingerprint density at radius 3 is 2.76 bits per heavy atom. The molecule has 1 N–H and O–H groups in total. The summed E-state index contributed by atoms with van der Waals surface area (Å²) in [5.41, 5.74) is 0. The zero-order valence-electron chi connectivity index (χ0n) is 10.00. The van der Waals surface area contributed by atoms with Gasteiger partial charge in [-0.15, -0.1) is 22.7 Å². The summed E-state index contributed by atoms with van der Waals surface area (Å²) in [6.07, 6.45) is 1.07. The van der Waals surface area contributed by atoms with E-state index in [1.54, 1.807) is 0 Å². The molecule has 0 spiro atoms. The van der Waals surface area contributed by atoms with Gasteiger partial charge in [0.1, 0.15) is 0 Å². The van der Waals surface area contributed by atoms with E-state index in [1.807, 2.05) is 22.7 Å². The molecule has 2 aromatic heterocycles. The summed E-state index contributed by atoms with van der Waals surface area (Å²) in [7, 11) is 0. The molecule has 0 aliphatic rings. The third-order valence-electron chi connectivity index (χ3n) is 2.58. The van der Waals surface area contributed by atoms with Gasteiger partial charge >= 0.3 is 0 Å². The fourth-order valence-electron chi connectivity index (χ4n) is 1.82. The van der Waals surface area contributed by atoms with Gasteiger partial charge in [0.25, 0.3) is 0 Å². The van der Waals surface area contributed by atoms with Gasteiger partial charge in [0.15, 0.2) is 0 Å². The average Bonchev–Trinajstić information content (AvgIpc) is 2.87. The Morgan fingerprint density at radius 2 is 2.24 bits per heavy atom. The number of halogens is 1. The normalized spacial score (nSPS) is 12.9. The highest BCUT2D eigenvalue weighted by Gasteiger charge is 2.14. The summed E-state index contributed by atoms with van der Waals surface area (Å²) in [6, 6.07) is 7.12. The minimum Gasteiger partial charge on any atom is -0.309 e. The Bertz CT molecular complexity index is 475. The highest BCUT2D eigenvalue weighted by molar-refractivity contribution is 9.10. The first kappa shape index (κ1) is 13.3. The van der Waals surface area contributed by atoms with E-state index < -0.39 is 0 Å². The van der Waals surface area contributed by atoms with Crippen LogP contribution < -0.4 is 5.32 Å². The number of hydrogen-bond acceptors (Lipinski definition) is 3. The summed E-state index contributed by atoms with van der Waals surface area (Å²) in [4.78, 5) is 4.25. The van der Waals surface area contributed by atoms with Crippen LogP contribution in [0.25, 0.3) is 0 Å². The lowest BCUT2D eigenvalue weighted by molar-refractivity contribution is 0.562. The summed E-state index contributed by atoms with van der Waals surface area (Å²) in [6.45, 7) is 5.34. The molecule has 0 fully saturated rings. The van der Waals surface area contributed by atoms with E-state index in [1.165, 1.54) is 19.1 Å². The minimum absolute atomic E-state index is 0.448. The smallest absolute Gasteiger partial charge is 0.0463 e. The molecule has 0 bridgehead atoms. The molecule has 1 nitrogen and oxygen atoms in total. The van der Waals surface area contributed by atoms with Crippen LogP contribution in [0.3, 0.4) is 0 Å². The molecule has 2 heterocycles. The zero-order valence-corrected chi connectivity index (χ0v) is 13.2. The molecule has 17 heavy (non-hydrogen) atoms. The quantitative estimate of drug-likeness (QED) is 0.832. The Balaban J connectivity index is 2.12. The van der Waals surface area contributed by atoms with Gasteiger partial charge in [0.05, 0.1) is 0 Å². The monoisotopic (exact) mass is 329 g/mol. The lowest BCUT2D eigenvalue weighted by Gasteiger charge is -2.15. The third-order valence-corrected chi connectivity index (χ3v) is 5.42. The van der Waals surface area contributed by atoms with Crippen molar-refractivity contribution in [1.82, 2.24) is 5.32 Å². The van der Waals surface area contributed by atoms with Crippen molar-refractivity contribution in [2.24, 2.45) is 0 Å². The largest absolute Gasteiger partial charge is 0.309 e. The van der Waals surface area contributed by atoms with Crippen molar-refractivity contribution < 1.29 is 0 Å². The molecule has 0 saturated heterocycles. The van der Waals surface area contributed by atoms with E-state index >= 15 is 0 Å². The molecular weight excluding hydrogens is 314 g/mol. The van der Waals surface area contributed by atoms with E-state index in [9.17, 15) is 0 Å². The highest BCUT2D eigenvalue weighted by atomic mass is 79.9. The van der Waals surface area contributed by atoms with Crippen molar-refractivity contribution in [3.8, 4) is 0 Å². The summed E-state index contributed by atoms with van der Waals surface area (Å²) < 4.78 is 1.19. The van der Waals surface area contributed by atoms with Gasteiger partial charge in [-0.25, -0.2) is 0 Å². The van der Waals surface area contributed by atoms with Gasteiger partial charge in [-0.2, -0.15) is 0 Å². The zero-order chi connectivity index (χ0) is 12.3. The van der Waals surface area contributed by atoms with E-state index in [0.717, 1.165) is 13.0 Å². The van der Waals surface area contributed by atoms with E-state index in [-0.39, 0.29) is 0 Å². The summed E-state index contributed by atoms with van der Waals surface area (Å²) >= 11 is 7.23. The fraction of sp³-hybridized carbons (Fsp3) is 0.385. The van der Waals surface area contributed by atoms with Crippen LogP contribution in [-0.2, 0) is 6.42 Å². The Kier molecular flexibility index (Phi) is 4.79. The molecule has 0 aliphatic heterocycles. The molecule has 0 aliphatic carbocycles. The van der Waals surface area contributed by atoms with Gasteiger partial charge in [-0.1, -0.05) is 6.92 Å². The van der Waals surface area contributed by atoms with E-state index in [2.05, 4.69) is 58.7 Å². The van der Waals surface area contributed by atoms with Gasteiger partial charge in [-0.3, -0.25) is 0 Å². The van der Waals surface area contributed by atoms with Gasteiger partial charge in [0.2, 0.25) is 0 Å². The van der Waals surface area contributed by atoms with Crippen molar-refractivity contribution >= 4 is 38.6 Å². The molecule has 0 amide bonds. The Morgan fingerprint density at radius 1 is 1.41 bits per heavy atom. The van der Waals surface area contributed by atoms with Crippen LogP contribution in [-0.4, -0.2) is 6.54 Å². The molecule has 1 unspecified atom stereocenters. The number of likely N-dealkylation sites (N-methyl/N-ethyl adjacent to an activating group) is 1. The van der Waals surface area contributed by atoms with E-state index in [0.29, 0.717) is 6.04 Å². The second kappa shape index (κ2) is 6.14. The standard InChI is InChI=1S/C13H16BrNS2/c1-3-15-12(13-5-4-9(2)17-13)7-11-6-10(14)8-16-11/h4-6,8,12,15H,3,7H2,1-2H3. The van der Waals surface area contributed by atoms with Crippen LogP contribution >= 0.6 is 38.6 Å². The molecule has 0 saturated carbocycles. The third kappa shape index (κ3) is 3.65. The molecule has 4 heteroatoms. The molecule has 92 valence electrons. The molecule has 0 radical (unpaired) electrons. The maximum atomic E-state index is 3.57. The number of nitrogens with one attached hydrogen (secondary N) is 1. The van der Waals surface area contributed by atoms with Gasteiger partial charge < -0.3 is 5.32 Å². The van der Waals surface area contributed by atoms with Crippen LogP contribution in [0.4, 0.5) is 0 Å². The SMILES string of the molecule is CCNC(Cc1cc(Br)cs1)c1ccc(C)s1. The lowest BCUT2D eigenvalue weighted by Crippen LogP contribution is -2.21. The van der Waals surface area contributed by atoms with Crippen molar-refractivity contribution in [2.45, 2.75) is 26.3 Å². The fourth-order valence-corrected chi connectivity index (χ4v) is 4.27. The molecule has 2 aromatic rings. The van der Waals surface area contributed by atoms with Crippen LogP contribution in [0, 0.1) is 6.92 Å². The van der Waals surface area contributed by atoms with Crippen molar-refractivity contribution in [1.29, 1.82) is 0 Å². The van der Waals surface area contributed by atoms with E-state index in [4.69, 9.17) is 0 Å². The van der Waals surface area contributed by atoms with Crippen molar-refractivity contribution in [2.75, 3.05) is 6.54 Å². The van der Waals surface area contributed by atoms with Crippen LogP contribution in [0.2, 0.25) is 0 Å². The minimum atomic E-state index is 0.448. The maximum Gasteiger partial charge on any atom is 0.0463 e. The number of thiophene rings is 2. The molecule has 2 rings (SSSR count). The lowest BCUT2D eigenvalue weighted by atomic mass is 10.1. The first-order chi connectivity index (χ1) is 8.19. The van der Waals surface area contributed by atoms with Crippen molar-refractivity contribution in [3.63, 3.8) is 0 Å². The second-order valence-electron chi connectivity index (χ2n) is 3.99. The Labute approximate surface area is 119 Å². The number of rotatable bonds is 5. The number of aryl methyl sites for hydroxylation is 1. The predicted octanol–water partition coefficient (Wildman–Crippen LogP) is 4.77. The van der Waals surface area contributed by atoms with Crippen molar-refractivity contribution in [3.05, 3.63) is 42.7 Å². The topological polar surface area (TPSA) is 12.0 Å². The summed E-state index contributed by atoms with van der Waals surface area (Å²) in [5.74, 6) is 0. The predicted molar refractivity (Wildman–Crippen MR) is 81.2 cm³/mol. The van der Waals surface area contributed by atoms with Crippen LogP contribution in [0.15, 0.2) is 28.1 Å². The van der Waals surface area contributed by atoms with Gasteiger partial charge in [-0.05, 0) is 47.6 Å². The molecular formula is C13H16BrNS2.